The van der Waals surface area contributed by atoms with Crippen LogP contribution in [0.15, 0.2) is 0 Å². The molecule has 1 rings (SSSR count). The van der Waals surface area contributed by atoms with Crippen LogP contribution in [0.4, 0.5) is 0 Å². The predicted molar refractivity (Wildman–Crippen MR) is 67.9 cm³/mol. The summed E-state index contributed by atoms with van der Waals surface area (Å²) >= 11 is 0. The SMILES string of the molecule is CCCCCC1(N)CC(C)CC(C)(C)C1. The molecule has 0 bridgehead atoms. The van der Waals surface area contributed by atoms with Gasteiger partial charge in [0.05, 0.1) is 0 Å². The average Bonchev–Trinajstić information content (AvgIpc) is 1.98. The van der Waals surface area contributed by atoms with E-state index in [9.17, 15) is 0 Å². The summed E-state index contributed by atoms with van der Waals surface area (Å²) in [5.41, 5.74) is 7.16. The van der Waals surface area contributed by atoms with Crippen LogP contribution in [0.2, 0.25) is 0 Å². The molecule has 1 fully saturated rings. The van der Waals surface area contributed by atoms with Crippen LogP contribution in [-0.4, -0.2) is 5.54 Å². The summed E-state index contributed by atoms with van der Waals surface area (Å²) in [5, 5.41) is 0. The lowest BCUT2D eigenvalue weighted by atomic mass is 9.63. The summed E-state index contributed by atoms with van der Waals surface area (Å²) < 4.78 is 0. The van der Waals surface area contributed by atoms with Crippen molar-refractivity contribution < 1.29 is 0 Å². The van der Waals surface area contributed by atoms with Crippen LogP contribution in [0.1, 0.15) is 72.6 Å². The Labute approximate surface area is 95.8 Å². The predicted octanol–water partition coefficient (Wildman–Crippen LogP) is 4.11. The molecule has 0 spiro atoms. The molecule has 0 aromatic heterocycles. The molecule has 0 aromatic rings. The van der Waals surface area contributed by atoms with Gasteiger partial charge in [-0.15, -0.1) is 0 Å². The minimum atomic E-state index is 0.135. The van der Waals surface area contributed by atoms with Gasteiger partial charge in [0.2, 0.25) is 0 Å². The highest BCUT2D eigenvalue weighted by atomic mass is 14.8. The Balaban J connectivity index is 2.51. The van der Waals surface area contributed by atoms with Gasteiger partial charge in [0, 0.05) is 5.54 Å². The molecular weight excluding hydrogens is 182 g/mol. The van der Waals surface area contributed by atoms with Crippen molar-refractivity contribution in [3.8, 4) is 0 Å². The first-order valence-corrected chi connectivity index (χ1v) is 6.66. The molecule has 0 saturated heterocycles. The molecule has 2 atom stereocenters. The van der Waals surface area contributed by atoms with Gasteiger partial charge in [-0.2, -0.15) is 0 Å². The highest BCUT2D eigenvalue weighted by molar-refractivity contribution is 4.96. The smallest absolute Gasteiger partial charge is 0.0162 e. The van der Waals surface area contributed by atoms with Crippen molar-refractivity contribution in [2.24, 2.45) is 17.1 Å². The van der Waals surface area contributed by atoms with Crippen LogP contribution in [0, 0.1) is 11.3 Å². The molecule has 90 valence electrons. The molecule has 2 N–H and O–H groups in total. The van der Waals surface area contributed by atoms with Crippen molar-refractivity contribution in [2.75, 3.05) is 0 Å². The second kappa shape index (κ2) is 4.86. The molecule has 2 unspecified atom stereocenters. The Morgan fingerprint density at radius 3 is 2.40 bits per heavy atom. The number of rotatable bonds is 4. The fourth-order valence-electron chi connectivity index (χ4n) is 3.72. The van der Waals surface area contributed by atoms with Crippen LogP contribution in [0.25, 0.3) is 0 Å². The summed E-state index contributed by atoms with van der Waals surface area (Å²) in [6.45, 7) is 9.38. The lowest BCUT2D eigenvalue weighted by Crippen LogP contribution is -2.49. The molecule has 1 aliphatic rings. The maximum absolute atomic E-state index is 6.57. The summed E-state index contributed by atoms with van der Waals surface area (Å²) in [7, 11) is 0. The lowest BCUT2D eigenvalue weighted by molar-refractivity contribution is 0.100. The van der Waals surface area contributed by atoms with Gasteiger partial charge in [0.15, 0.2) is 0 Å². The third-order valence-electron chi connectivity index (χ3n) is 3.76. The fourth-order valence-corrected chi connectivity index (χ4v) is 3.72. The van der Waals surface area contributed by atoms with Crippen LogP contribution < -0.4 is 5.73 Å². The summed E-state index contributed by atoms with van der Waals surface area (Å²) in [6, 6.07) is 0. The third-order valence-corrected chi connectivity index (χ3v) is 3.76. The van der Waals surface area contributed by atoms with Crippen molar-refractivity contribution >= 4 is 0 Å². The molecule has 15 heavy (non-hydrogen) atoms. The van der Waals surface area contributed by atoms with E-state index in [2.05, 4.69) is 27.7 Å². The molecule has 0 radical (unpaired) electrons. The number of hydrogen-bond acceptors (Lipinski definition) is 1. The largest absolute Gasteiger partial charge is 0.325 e. The molecule has 0 aliphatic heterocycles. The zero-order valence-corrected chi connectivity index (χ0v) is 11.1. The van der Waals surface area contributed by atoms with Gasteiger partial charge >= 0.3 is 0 Å². The van der Waals surface area contributed by atoms with Gasteiger partial charge in [0.25, 0.3) is 0 Å². The first kappa shape index (κ1) is 13.0. The molecular formula is C14H29N. The van der Waals surface area contributed by atoms with Crippen molar-refractivity contribution in [3.05, 3.63) is 0 Å². The van der Waals surface area contributed by atoms with Crippen LogP contribution >= 0.6 is 0 Å². The molecule has 0 amide bonds. The molecule has 1 heteroatoms. The second-order valence-corrected chi connectivity index (χ2v) is 6.67. The number of nitrogens with two attached hydrogens (primary N) is 1. The molecule has 0 heterocycles. The normalized spacial score (nSPS) is 35.4. The summed E-state index contributed by atoms with van der Waals surface area (Å²) in [6.07, 6.45) is 8.99. The highest BCUT2D eigenvalue weighted by Gasteiger charge is 2.39. The number of unbranched alkanes of at least 4 members (excludes halogenated alkanes) is 2. The molecule has 1 saturated carbocycles. The van der Waals surface area contributed by atoms with Crippen LogP contribution in [0.3, 0.4) is 0 Å². The third kappa shape index (κ3) is 4.14. The van der Waals surface area contributed by atoms with E-state index < -0.39 is 0 Å². The fraction of sp³-hybridized carbons (Fsp3) is 1.00. The summed E-state index contributed by atoms with van der Waals surface area (Å²) in [5.74, 6) is 0.806. The van der Waals surface area contributed by atoms with Crippen LogP contribution in [0.5, 0.6) is 0 Å². The molecule has 0 aromatic carbocycles. The minimum Gasteiger partial charge on any atom is -0.325 e. The van der Waals surface area contributed by atoms with E-state index in [1.807, 2.05) is 0 Å². The standard InChI is InChI=1S/C14H29N/c1-5-6-7-8-14(15)10-12(2)9-13(3,4)11-14/h12H,5-11,15H2,1-4H3. The average molecular weight is 211 g/mol. The van der Waals surface area contributed by atoms with Crippen molar-refractivity contribution in [2.45, 2.75) is 78.2 Å². The van der Waals surface area contributed by atoms with Gasteiger partial charge in [-0.1, -0.05) is 47.0 Å². The van der Waals surface area contributed by atoms with Gasteiger partial charge in [-0.3, -0.25) is 0 Å². The summed E-state index contributed by atoms with van der Waals surface area (Å²) in [4.78, 5) is 0. The Hall–Kier alpha value is -0.0400. The Morgan fingerprint density at radius 1 is 1.20 bits per heavy atom. The van der Waals surface area contributed by atoms with Gasteiger partial charge in [0.1, 0.15) is 0 Å². The maximum atomic E-state index is 6.57. The minimum absolute atomic E-state index is 0.135. The first-order chi connectivity index (χ1) is 6.87. The lowest BCUT2D eigenvalue weighted by Gasteiger charge is -2.46. The highest BCUT2D eigenvalue weighted by Crippen LogP contribution is 2.44. The van der Waals surface area contributed by atoms with E-state index in [1.54, 1.807) is 0 Å². The molecule has 1 aliphatic carbocycles. The van der Waals surface area contributed by atoms with E-state index in [-0.39, 0.29) is 5.54 Å². The van der Waals surface area contributed by atoms with Crippen LogP contribution in [-0.2, 0) is 0 Å². The van der Waals surface area contributed by atoms with Gasteiger partial charge < -0.3 is 5.73 Å². The van der Waals surface area contributed by atoms with E-state index >= 15 is 0 Å². The van der Waals surface area contributed by atoms with E-state index in [0.717, 1.165) is 5.92 Å². The van der Waals surface area contributed by atoms with E-state index in [1.165, 1.54) is 44.9 Å². The van der Waals surface area contributed by atoms with Gasteiger partial charge in [-0.05, 0) is 37.0 Å². The zero-order chi connectivity index (χ0) is 11.5. The quantitative estimate of drug-likeness (QED) is 0.696. The first-order valence-electron chi connectivity index (χ1n) is 6.66. The topological polar surface area (TPSA) is 26.0 Å². The number of hydrogen-bond donors (Lipinski definition) is 1. The maximum Gasteiger partial charge on any atom is 0.0162 e. The second-order valence-electron chi connectivity index (χ2n) is 6.67. The van der Waals surface area contributed by atoms with Crippen molar-refractivity contribution in [3.63, 3.8) is 0 Å². The Kier molecular flexibility index (Phi) is 4.22. The molecule has 1 nitrogen and oxygen atoms in total. The zero-order valence-electron chi connectivity index (χ0n) is 11.1. The monoisotopic (exact) mass is 211 g/mol. The van der Waals surface area contributed by atoms with Gasteiger partial charge in [-0.25, -0.2) is 0 Å². The van der Waals surface area contributed by atoms with E-state index in [0.29, 0.717) is 5.41 Å². The van der Waals surface area contributed by atoms with Crippen molar-refractivity contribution in [1.82, 2.24) is 0 Å². The Morgan fingerprint density at radius 2 is 1.87 bits per heavy atom. The Bertz CT molecular complexity index is 198. The van der Waals surface area contributed by atoms with Crippen molar-refractivity contribution in [1.29, 1.82) is 0 Å². The van der Waals surface area contributed by atoms with E-state index in [4.69, 9.17) is 5.73 Å².